The van der Waals surface area contributed by atoms with Gasteiger partial charge in [0, 0.05) is 23.5 Å². The minimum Gasteiger partial charge on any atom is -0.312 e. The van der Waals surface area contributed by atoms with Crippen LogP contribution in [0, 0.1) is 11.3 Å². The molecule has 162 valence electrons. The molecule has 1 aliphatic rings. The smallest absolute Gasteiger partial charge is 0.256 e. The number of carbonyl (C=O) groups excluding carboxylic acids is 1. The lowest BCUT2D eigenvalue weighted by atomic mass is 10.1. The van der Waals surface area contributed by atoms with Gasteiger partial charge in [-0.2, -0.15) is 9.57 Å². The number of nitrogens with one attached hydrogen (secondary N) is 1. The lowest BCUT2D eigenvalue weighted by Gasteiger charge is -2.19. The largest absolute Gasteiger partial charge is 0.312 e. The van der Waals surface area contributed by atoms with Gasteiger partial charge in [-0.15, -0.1) is 24.5 Å². The molecule has 1 amide bonds. The van der Waals surface area contributed by atoms with Crippen LogP contribution < -0.4 is 5.32 Å². The van der Waals surface area contributed by atoms with Crippen LogP contribution in [0.15, 0.2) is 54.5 Å². The van der Waals surface area contributed by atoms with Gasteiger partial charge >= 0.3 is 0 Å². The summed E-state index contributed by atoms with van der Waals surface area (Å²) in [6.45, 7) is 7.52. The molecular formula is C23H25N3O3S2. The van der Waals surface area contributed by atoms with E-state index in [-0.39, 0.29) is 23.9 Å². The number of fused-ring (bicyclic) bond motifs is 1. The number of hydrogen-bond acceptors (Lipinski definition) is 5. The number of nitrogens with zero attached hydrogens (tertiary/aromatic N) is 2. The van der Waals surface area contributed by atoms with Crippen molar-refractivity contribution in [2.45, 2.75) is 37.0 Å². The molecule has 31 heavy (non-hydrogen) atoms. The minimum absolute atomic E-state index is 0.0910. The van der Waals surface area contributed by atoms with Crippen molar-refractivity contribution in [3.63, 3.8) is 0 Å². The van der Waals surface area contributed by atoms with Crippen LogP contribution in [0.3, 0.4) is 0 Å². The van der Waals surface area contributed by atoms with Gasteiger partial charge in [-0.3, -0.25) is 4.79 Å². The van der Waals surface area contributed by atoms with Gasteiger partial charge in [0.05, 0.1) is 10.5 Å². The Morgan fingerprint density at radius 2 is 1.77 bits per heavy atom. The lowest BCUT2D eigenvalue weighted by Crippen LogP contribution is -2.31. The van der Waals surface area contributed by atoms with E-state index in [2.05, 4.69) is 24.5 Å². The summed E-state index contributed by atoms with van der Waals surface area (Å²) in [5.41, 5.74) is 1.94. The van der Waals surface area contributed by atoms with Crippen molar-refractivity contribution in [3.8, 4) is 6.07 Å². The van der Waals surface area contributed by atoms with Gasteiger partial charge in [-0.05, 0) is 55.5 Å². The second kappa shape index (κ2) is 10.1. The Balaban J connectivity index is 1.81. The van der Waals surface area contributed by atoms with Crippen LogP contribution in [0.2, 0.25) is 0 Å². The molecule has 0 saturated carbocycles. The molecule has 6 nitrogen and oxygen atoms in total. The molecule has 1 aromatic carbocycles. The molecule has 0 bridgehead atoms. The summed E-state index contributed by atoms with van der Waals surface area (Å²) in [6.07, 6.45) is 8.12. The molecule has 0 radical (unpaired) electrons. The van der Waals surface area contributed by atoms with Crippen molar-refractivity contribution < 1.29 is 13.2 Å². The number of anilines is 1. The van der Waals surface area contributed by atoms with Crippen molar-refractivity contribution in [2.24, 2.45) is 0 Å². The average molecular weight is 456 g/mol. The van der Waals surface area contributed by atoms with Gasteiger partial charge < -0.3 is 5.32 Å². The standard InChI is InChI=1S/C23H25N3O3S2/c1-3-14-26(15-4-2)31(28,29)18-12-10-17(11-13-18)22(27)25-23-20(16-24)19-8-6-5-7-9-21(19)30-23/h3-4,10-13H,1-2,5-9,14-15H2,(H,25,27). The summed E-state index contributed by atoms with van der Waals surface area (Å²) < 4.78 is 26.9. The van der Waals surface area contributed by atoms with E-state index in [4.69, 9.17) is 0 Å². The first-order chi connectivity index (χ1) is 14.9. The molecule has 8 heteroatoms. The predicted octanol–water partition coefficient (Wildman–Crippen LogP) is 4.50. The summed E-state index contributed by atoms with van der Waals surface area (Å²) in [4.78, 5) is 14.0. The lowest BCUT2D eigenvalue weighted by molar-refractivity contribution is 0.102. The Bertz CT molecular complexity index is 1120. The second-order valence-corrected chi connectivity index (χ2v) is 10.3. The summed E-state index contributed by atoms with van der Waals surface area (Å²) in [6, 6.07) is 8.04. The molecule has 3 rings (SSSR count). The fourth-order valence-electron chi connectivity index (χ4n) is 3.61. The molecule has 0 saturated heterocycles. The Morgan fingerprint density at radius 3 is 2.39 bits per heavy atom. The van der Waals surface area contributed by atoms with Crippen molar-refractivity contribution in [1.29, 1.82) is 5.26 Å². The fourth-order valence-corrected chi connectivity index (χ4v) is 6.23. The van der Waals surface area contributed by atoms with E-state index in [1.54, 1.807) is 0 Å². The molecule has 1 N–H and O–H groups in total. The monoisotopic (exact) mass is 455 g/mol. The van der Waals surface area contributed by atoms with Gasteiger partial charge in [0.1, 0.15) is 11.1 Å². The highest BCUT2D eigenvalue weighted by atomic mass is 32.2. The maximum absolute atomic E-state index is 12.8. The number of carbonyl (C=O) groups is 1. The van der Waals surface area contributed by atoms with Crippen LogP contribution in [-0.4, -0.2) is 31.7 Å². The van der Waals surface area contributed by atoms with Crippen LogP contribution >= 0.6 is 11.3 Å². The number of benzene rings is 1. The van der Waals surface area contributed by atoms with Crippen LogP contribution in [0.25, 0.3) is 0 Å². The maximum atomic E-state index is 12.8. The summed E-state index contributed by atoms with van der Waals surface area (Å²) >= 11 is 1.47. The van der Waals surface area contributed by atoms with Gasteiger partial charge in [0.25, 0.3) is 5.91 Å². The SMILES string of the molecule is C=CCN(CC=C)S(=O)(=O)c1ccc(C(=O)Nc2sc3c(c2C#N)CCCCC3)cc1. The molecular weight excluding hydrogens is 430 g/mol. The Morgan fingerprint density at radius 1 is 1.13 bits per heavy atom. The van der Waals surface area contributed by atoms with E-state index in [9.17, 15) is 18.5 Å². The molecule has 1 aromatic heterocycles. The van der Waals surface area contributed by atoms with Crippen LogP contribution in [0.4, 0.5) is 5.00 Å². The highest BCUT2D eigenvalue weighted by Gasteiger charge is 2.24. The number of nitriles is 1. The summed E-state index contributed by atoms with van der Waals surface area (Å²) in [7, 11) is -3.72. The van der Waals surface area contributed by atoms with E-state index < -0.39 is 10.0 Å². The maximum Gasteiger partial charge on any atom is 0.256 e. The summed E-state index contributed by atoms with van der Waals surface area (Å²) in [5.74, 6) is -0.370. The average Bonchev–Trinajstić information content (AvgIpc) is 2.92. The molecule has 0 aliphatic heterocycles. The zero-order chi connectivity index (χ0) is 22.4. The minimum atomic E-state index is -3.72. The van der Waals surface area contributed by atoms with E-state index in [1.807, 2.05) is 0 Å². The van der Waals surface area contributed by atoms with Gasteiger partial charge in [-0.25, -0.2) is 8.42 Å². The number of sulfonamides is 1. The van der Waals surface area contributed by atoms with Crippen LogP contribution in [-0.2, 0) is 22.9 Å². The third-order valence-corrected chi connectivity index (χ3v) is 8.23. The van der Waals surface area contributed by atoms with Gasteiger partial charge in [-0.1, -0.05) is 18.6 Å². The Hall–Kier alpha value is -2.73. The second-order valence-electron chi connectivity index (χ2n) is 7.26. The van der Waals surface area contributed by atoms with Gasteiger partial charge in [0.15, 0.2) is 0 Å². The third-order valence-electron chi connectivity index (χ3n) is 5.18. The van der Waals surface area contributed by atoms with Crippen LogP contribution in [0.5, 0.6) is 0 Å². The van der Waals surface area contributed by atoms with E-state index in [0.29, 0.717) is 16.1 Å². The first-order valence-electron chi connectivity index (χ1n) is 10.1. The number of thiophene rings is 1. The number of aryl methyl sites for hydroxylation is 1. The highest BCUT2D eigenvalue weighted by molar-refractivity contribution is 7.89. The number of amides is 1. The summed E-state index contributed by atoms with van der Waals surface area (Å²) in [5, 5.41) is 13.0. The molecule has 2 aromatic rings. The molecule has 0 atom stereocenters. The molecule has 0 fully saturated rings. The van der Waals surface area contributed by atoms with E-state index >= 15 is 0 Å². The number of rotatable bonds is 8. The first kappa shape index (κ1) is 22.9. The third kappa shape index (κ3) is 4.96. The van der Waals surface area contributed by atoms with E-state index in [1.165, 1.54) is 56.9 Å². The highest BCUT2D eigenvalue weighted by Crippen LogP contribution is 2.37. The Labute approximate surface area is 187 Å². The molecule has 1 heterocycles. The number of hydrogen-bond donors (Lipinski definition) is 1. The van der Waals surface area contributed by atoms with E-state index in [0.717, 1.165) is 37.7 Å². The predicted molar refractivity (Wildman–Crippen MR) is 124 cm³/mol. The molecule has 1 aliphatic carbocycles. The zero-order valence-electron chi connectivity index (χ0n) is 17.3. The molecule has 0 spiro atoms. The van der Waals surface area contributed by atoms with Crippen molar-refractivity contribution in [3.05, 3.63) is 71.1 Å². The Kier molecular flexibility index (Phi) is 7.44. The van der Waals surface area contributed by atoms with Crippen molar-refractivity contribution >= 4 is 32.3 Å². The van der Waals surface area contributed by atoms with Crippen LogP contribution in [0.1, 0.15) is 45.6 Å². The van der Waals surface area contributed by atoms with Crippen molar-refractivity contribution in [1.82, 2.24) is 4.31 Å². The first-order valence-corrected chi connectivity index (χ1v) is 12.4. The fraction of sp³-hybridized carbons (Fsp3) is 0.304. The van der Waals surface area contributed by atoms with Gasteiger partial charge in [0.2, 0.25) is 10.0 Å². The normalized spacial score (nSPS) is 13.7. The topological polar surface area (TPSA) is 90.3 Å². The quantitative estimate of drug-likeness (QED) is 0.469. The molecule has 0 unspecified atom stereocenters. The van der Waals surface area contributed by atoms with Crippen molar-refractivity contribution in [2.75, 3.05) is 18.4 Å². The zero-order valence-corrected chi connectivity index (χ0v) is 18.9.